The summed E-state index contributed by atoms with van der Waals surface area (Å²) in [7, 11) is 0. The van der Waals surface area contributed by atoms with Gasteiger partial charge in [-0.2, -0.15) is 13.2 Å². The van der Waals surface area contributed by atoms with Gasteiger partial charge >= 0.3 is 11.8 Å². The Hall–Kier alpha value is -2.54. The summed E-state index contributed by atoms with van der Waals surface area (Å²) in [5.41, 5.74) is 0.181. The van der Waals surface area contributed by atoms with Gasteiger partial charge in [0.15, 0.2) is 0 Å². The zero-order valence-corrected chi connectivity index (χ0v) is 16.1. The van der Waals surface area contributed by atoms with Crippen molar-refractivity contribution in [3.8, 4) is 0 Å². The molecule has 28 heavy (non-hydrogen) atoms. The van der Waals surface area contributed by atoms with E-state index < -0.39 is 27.9 Å². The van der Waals surface area contributed by atoms with Gasteiger partial charge in [-0.05, 0) is 47.7 Å². The maximum absolute atomic E-state index is 13.1. The van der Waals surface area contributed by atoms with Gasteiger partial charge < -0.3 is 8.98 Å². The SMILES string of the molecule is Cc1cc2oc(=O)cc(Cn3cc(C(F)(F)F)cc(Cl)c3=O)c2cc1C(C)C. The maximum atomic E-state index is 13.1. The lowest BCUT2D eigenvalue weighted by Crippen LogP contribution is -2.24. The lowest BCUT2D eigenvalue weighted by molar-refractivity contribution is -0.138. The van der Waals surface area contributed by atoms with Gasteiger partial charge in [0.05, 0.1) is 12.1 Å². The van der Waals surface area contributed by atoms with Crippen molar-refractivity contribution in [3.05, 3.63) is 78.5 Å². The fourth-order valence-corrected chi connectivity index (χ4v) is 3.43. The Balaban J connectivity index is 2.23. The first kappa shape index (κ1) is 20.2. The molecular weight excluding hydrogens is 395 g/mol. The number of aryl methyl sites for hydroxylation is 1. The van der Waals surface area contributed by atoms with Crippen molar-refractivity contribution in [3.63, 3.8) is 0 Å². The van der Waals surface area contributed by atoms with Crippen LogP contribution in [0.15, 0.2) is 44.5 Å². The topological polar surface area (TPSA) is 52.2 Å². The molecule has 2 aromatic heterocycles. The van der Waals surface area contributed by atoms with E-state index in [-0.39, 0.29) is 12.5 Å². The molecule has 0 aliphatic rings. The van der Waals surface area contributed by atoms with Crippen molar-refractivity contribution in [2.24, 2.45) is 0 Å². The lowest BCUT2D eigenvalue weighted by Gasteiger charge is -2.15. The number of rotatable bonds is 3. The first-order valence-electron chi connectivity index (χ1n) is 8.52. The second-order valence-corrected chi connectivity index (χ2v) is 7.37. The Morgan fingerprint density at radius 2 is 1.82 bits per heavy atom. The van der Waals surface area contributed by atoms with E-state index in [1.54, 1.807) is 6.07 Å². The summed E-state index contributed by atoms with van der Waals surface area (Å²) in [6.45, 7) is 5.65. The molecule has 0 N–H and O–H groups in total. The number of pyridine rings is 1. The molecule has 0 unspecified atom stereocenters. The highest BCUT2D eigenvalue weighted by atomic mass is 35.5. The number of fused-ring (bicyclic) bond motifs is 1. The molecule has 1 aromatic carbocycles. The second kappa shape index (κ2) is 7.13. The van der Waals surface area contributed by atoms with E-state index in [0.29, 0.717) is 28.8 Å². The van der Waals surface area contributed by atoms with Crippen LogP contribution in [-0.2, 0) is 12.7 Å². The molecule has 3 rings (SSSR count). The van der Waals surface area contributed by atoms with Crippen molar-refractivity contribution in [1.29, 1.82) is 0 Å². The van der Waals surface area contributed by atoms with Gasteiger partial charge in [0, 0.05) is 17.6 Å². The minimum absolute atomic E-state index is 0.190. The van der Waals surface area contributed by atoms with E-state index in [1.165, 1.54) is 6.07 Å². The van der Waals surface area contributed by atoms with Crippen LogP contribution in [0.1, 0.15) is 42.0 Å². The lowest BCUT2D eigenvalue weighted by atomic mass is 9.95. The summed E-state index contributed by atoms with van der Waals surface area (Å²) >= 11 is 5.71. The number of alkyl halides is 3. The molecule has 0 radical (unpaired) electrons. The van der Waals surface area contributed by atoms with Gasteiger partial charge in [-0.25, -0.2) is 4.79 Å². The molecule has 3 aromatic rings. The van der Waals surface area contributed by atoms with Crippen LogP contribution in [0, 0.1) is 6.92 Å². The average Bonchev–Trinajstić information content (AvgIpc) is 2.56. The third kappa shape index (κ3) is 3.85. The molecule has 2 heterocycles. The predicted octanol–water partition coefficient (Wildman–Crippen LogP) is 5.11. The summed E-state index contributed by atoms with van der Waals surface area (Å²) in [6, 6.07) is 5.34. The highest BCUT2D eigenvalue weighted by Gasteiger charge is 2.32. The van der Waals surface area contributed by atoms with Gasteiger partial charge in [0.25, 0.3) is 5.56 Å². The second-order valence-electron chi connectivity index (χ2n) is 6.96. The fourth-order valence-electron chi connectivity index (χ4n) is 3.20. The van der Waals surface area contributed by atoms with E-state index in [0.717, 1.165) is 15.7 Å². The number of aromatic nitrogens is 1. The molecule has 0 aliphatic heterocycles. The van der Waals surface area contributed by atoms with E-state index >= 15 is 0 Å². The number of hydrogen-bond acceptors (Lipinski definition) is 3. The van der Waals surface area contributed by atoms with Gasteiger partial charge in [-0.3, -0.25) is 4.79 Å². The van der Waals surface area contributed by atoms with Crippen molar-refractivity contribution >= 4 is 22.6 Å². The molecule has 0 amide bonds. The minimum Gasteiger partial charge on any atom is -0.423 e. The number of nitrogens with zero attached hydrogens (tertiary/aromatic N) is 1. The minimum atomic E-state index is -4.65. The standard InChI is InChI=1S/C20H17ClF3NO3/c1-10(2)14-7-15-12(5-18(26)28-17(15)4-11(14)3)8-25-9-13(20(22,23)24)6-16(21)19(25)27/h4-7,9-10H,8H2,1-3H3. The van der Waals surface area contributed by atoms with Crippen molar-refractivity contribution in [1.82, 2.24) is 4.57 Å². The molecule has 0 aliphatic carbocycles. The molecule has 0 atom stereocenters. The van der Waals surface area contributed by atoms with Crippen molar-refractivity contribution in [2.45, 2.75) is 39.4 Å². The molecule has 0 spiro atoms. The van der Waals surface area contributed by atoms with Crippen LogP contribution in [0.3, 0.4) is 0 Å². The molecule has 8 heteroatoms. The molecule has 148 valence electrons. The van der Waals surface area contributed by atoms with Crippen LogP contribution in [0.2, 0.25) is 5.02 Å². The van der Waals surface area contributed by atoms with Crippen molar-refractivity contribution < 1.29 is 17.6 Å². The quantitative estimate of drug-likeness (QED) is 0.563. The molecule has 0 fully saturated rings. The van der Waals surface area contributed by atoms with Gasteiger partial charge in [-0.15, -0.1) is 0 Å². The Bertz CT molecular complexity index is 1180. The first-order chi connectivity index (χ1) is 13.0. The Kier molecular flexibility index (Phi) is 5.14. The zero-order valence-electron chi connectivity index (χ0n) is 15.4. The Morgan fingerprint density at radius 1 is 1.14 bits per heavy atom. The Morgan fingerprint density at radius 3 is 2.43 bits per heavy atom. The van der Waals surface area contributed by atoms with Gasteiger partial charge in [0.1, 0.15) is 10.6 Å². The summed E-state index contributed by atoms with van der Waals surface area (Å²) in [6.07, 6.45) is -3.95. The van der Waals surface area contributed by atoms with E-state index in [9.17, 15) is 22.8 Å². The highest BCUT2D eigenvalue weighted by molar-refractivity contribution is 6.30. The summed E-state index contributed by atoms with van der Waals surface area (Å²) in [4.78, 5) is 24.2. The van der Waals surface area contributed by atoms with Gasteiger partial charge in [0.2, 0.25) is 0 Å². The average molecular weight is 412 g/mol. The van der Waals surface area contributed by atoms with Crippen molar-refractivity contribution in [2.75, 3.05) is 0 Å². The van der Waals surface area contributed by atoms with E-state index in [2.05, 4.69) is 0 Å². The van der Waals surface area contributed by atoms with E-state index in [1.807, 2.05) is 26.8 Å². The molecule has 0 saturated heterocycles. The summed E-state index contributed by atoms with van der Waals surface area (Å²) in [5, 5.41) is 0.0233. The number of hydrogen-bond donors (Lipinski definition) is 0. The third-order valence-corrected chi connectivity index (χ3v) is 4.82. The van der Waals surface area contributed by atoms with Crippen LogP contribution in [0.4, 0.5) is 13.2 Å². The molecule has 0 bridgehead atoms. The highest BCUT2D eigenvalue weighted by Crippen LogP contribution is 2.30. The first-order valence-corrected chi connectivity index (χ1v) is 8.89. The molecular formula is C20H17ClF3NO3. The van der Waals surface area contributed by atoms with Crippen LogP contribution < -0.4 is 11.2 Å². The van der Waals surface area contributed by atoms with Crippen LogP contribution in [0.25, 0.3) is 11.0 Å². The third-order valence-electron chi connectivity index (χ3n) is 4.55. The maximum Gasteiger partial charge on any atom is 0.417 e. The summed E-state index contributed by atoms with van der Waals surface area (Å²) < 4.78 is 45.3. The predicted molar refractivity (Wildman–Crippen MR) is 101 cm³/mol. The fraction of sp³-hybridized carbons (Fsp3) is 0.300. The summed E-state index contributed by atoms with van der Waals surface area (Å²) in [5.74, 6) is 0.190. The Labute approximate surface area is 163 Å². The molecule has 0 saturated carbocycles. The van der Waals surface area contributed by atoms with Crippen LogP contribution in [-0.4, -0.2) is 4.57 Å². The number of benzene rings is 1. The van der Waals surface area contributed by atoms with E-state index in [4.69, 9.17) is 16.0 Å². The van der Waals surface area contributed by atoms with Gasteiger partial charge in [-0.1, -0.05) is 25.4 Å². The smallest absolute Gasteiger partial charge is 0.417 e. The molecule has 4 nitrogen and oxygen atoms in total. The van der Waals surface area contributed by atoms with Crippen LogP contribution >= 0.6 is 11.6 Å². The van der Waals surface area contributed by atoms with Crippen LogP contribution in [0.5, 0.6) is 0 Å². The number of halogens is 4. The zero-order chi connectivity index (χ0) is 20.8. The largest absolute Gasteiger partial charge is 0.423 e. The normalized spacial score (nSPS) is 12.1. The monoisotopic (exact) mass is 411 g/mol.